The fraction of sp³-hybridized carbons (Fsp3) is 0. The van der Waals surface area contributed by atoms with Crippen LogP contribution in [-0.2, 0) is 0 Å². The van der Waals surface area contributed by atoms with Crippen molar-refractivity contribution in [3.8, 4) is 22.3 Å². The van der Waals surface area contributed by atoms with Gasteiger partial charge in [0.05, 0.1) is 5.69 Å². The van der Waals surface area contributed by atoms with E-state index in [1.54, 1.807) is 0 Å². The van der Waals surface area contributed by atoms with Crippen LogP contribution in [0.25, 0.3) is 74.7 Å². The zero-order valence-electron chi connectivity index (χ0n) is 23.8. The fourth-order valence-electron chi connectivity index (χ4n) is 7.39. The van der Waals surface area contributed by atoms with Crippen molar-refractivity contribution in [3.63, 3.8) is 0 Å². The van der Waals surface area contributed by atoms with Gasteiger partial charge in [-0.3, -0.25) is 0 Å². The summed E-state index contributed by atoms with van der Waals surface area (Å²) in [6, 6.07) is 56.1. The molecule has 0 amide bonds. The molecule has 0 unspecified atom stereocenters. The summed E-state index contributed by atoms with van der Waals surface area (Å²) in [4.78, 5) is 2.45. The van der Waals surface area contributed by atoms with Crippen LogP contribution in [0.2, 0.25) is 0 Å². The predicted octanol–water partition coefficient (Wildman–Crippen LogP) is 12.6. The lowest BCUT2D eigenvalue weighted by Crippen LogP contribution is -2.10. The van der Waals surface area contributed by atoms with Gasteiger partial charge in [0.2, 0.25) is 0 Å². The summed E-state index contributed by atoms with van der Waals surface area (Å²) in [5.74, 6) is 0. The molecule has 204 valence electrons. The molecule has 1 nitrogen and oxygen atoms in total. The Morgan fingerprint density at radius 3 is 1.61 bits per heavy atom. The third-order valence-electron chi connectivity index (χ3n) is 9.35. The van der Waals surface area contributed by atoms with Gasteiger partial charge in [-0.1, -0.05) is 109 Å². The highest BCUT2D eigenvalue weighted by Crippen LogP contribution is 2.53. The first-order chi connectivity index (χ1) is 21.8. The standard InChI is InChI=1S/C42H25NS/c1-3-10-28-24-30(18-16-26(28)8-1)43(31-19-17-27-9-2-4-11-29(27)25-31)37-22-20-35-33-13-6-5-12-32(33)34-14-7-15-38-41(34)42-39(44-38)23-21-36(37)40(35)42/h1-25H. The van der Waals surface area contributed by atoms with Crippen LogP contribution in [0.15, 0.2) is 152 Å². The van der Waals surface area contributed by atoms with Crippen LogP contribution in [0.5, 0.6) is 0 Å². The third kappa shape index (κ3) is 3.35. The van der Waals surface area contributed by atoms with Gasteiger partial charge in [-0.25, -0.2) is 0 Å². The molecule has 9 aromatic rings. The Bertz CT molecular complexity index is 2550. The first-order valence-corrected chi connectivity index (χ1v) is 15.9. The van der Waals surface area contributed by atoms with Crippen molar-refractivity contribution in [2.24, 2.45) is 0 Å². The first-order valence-electron chi connectivity index (χ1n) is 15.1. The van der Waals surface area contributed by atoms with Crippen LogP contribution < -0.4 is 4.90 Å². The van der Waals surface area contributed by atoms with E-state index in [9.17, 15) is 0 Å². The van der Waals surface area contributed by atoms with Crippen LogP contribution in [0, 0.1) is 0 Å². The van der Waals surface area contributed by atoms with Gasteiger partial charge < -0.3 is 4.90 Å². The van der Waals surface area contributed by atoms with Crippen molar-refractivity contribution in [1.29, 1.82) is 0 Å². The van der Waals surface area contributed by atoms with Crippen molar-refractivity contribution in [1.82, 2.24) is 0 Å². The van der Waals surface area contributed by atoms with E-state index >= 15 is 0 Å². The van der Waals surface area contributed by atoms with E-state index in [0.29, 0.717) is 0 Å². The SMILES string of the molecule is c1ccc2c(c1)-c1cccc3sc4ccc5c(N(c6ccc7ccccc7c6)c6ccc7ccccc7c6)ccc-2c5c4c13. The fourth-order valence-corrected chi connectivity index (χ4v) is 8.53. The molecule has 1 aromatic heterocycles. The summed E-state index contributed by atoms with van der Waals surface area (Å²) in [5.41, 5.74) is 8.73. The van der Waals surface area contributed by atoms with Crippen molar-refractivity contribution in [2.75, 3.05) is 4.90 Å². The van der Waals surface area contributed by atoms with Crippen molar-refractivity contribution in [3.05, 3.63) is 152 Å². The number of hydrogen-bond acceptors (Lipinski definition) is 2. The molecule has 1 heterocycles. The van der Waals surface area contributed by atoms with Gasteiger partial charge >= 0.3 is 0 Å². The maximum atomic E-state index is 2.45. The van der Waals surface area contributed by atoms with Gasteiger partial charge in [0.1, 0.15) is 0 Å². The lowest BCUT2D eigenvalue weighted by Gasteiger charge is -2.28. The molecule has 8 aromatic carbocycles. The van der Waals surface area contributed by atoms with E-state index in [1.165, 1.54) is 80.4 Å². The summed E-state index contributed by atoms with van der Waals surface area (Å²) in [5, 5.41) is 10.3. The second kappa shape index (κ2) is 9.03. The van der Waals surface area contributed by atoms with Gasteiger partial charge in [-0.2, -0.15) is 0 Å². The van der Waals surface area contributed by atoms with E-state index < -0.39 is 0 Å². The number of nitrogens with zero attached hydrogens (tertiary/aromatic N) is 1. The molecule has 2 heteroatoms. The molecule has 0 aliphatic heterocycles. The molecule has 1 aliphatic rings. The lowest BCUT2D eigenvalue weighted by molar-refractivity contribution is 1.31. The zero-order valence-corrected chi connectivity index (χ0v) is 24.6. The first kappa shape index (κ1) is 24.0. The van der Waals surface area contributed by atoms with E-state index in [-0.39, 0.29) is 0 Å². The smallest absolute Gasteiger partial charge is 0.0540 e. The monoisotopic (exact) mass is 575 g/mol. The minimum atomic E-state index is 1.15. The number of rotatable bonds is 3. The van der Waals surface area contributed by atoms with Crippen LogP contribution >= 0.6 is 11.3 Å². The molecular weight excluding hydrogens is 551 g/mol. The van der Waals surface area contributed by atoms with Crippen LogP contribution in [0.3, 0.4) is 0 Å². The van der Waals surface area contributed by atoms with Crippen LogP contribution in [0.4, 0.5) is 17.1 Å². The molecule has 0 saturated carbocycles. The minimum absolute atomic E-state index is 1.15. The number of anilines is 3. The molecule has 0 atom stereocenters. The summed E-state index contributed by atoms with van der Waals surface area (Å²) >= 11 is 1.90. The molecule has 0 saturated heterocycles. The van der Waals surface area contributed by atoms with Crippen molar-refractivity contribution >= 4 is 80.9 Å². The molecule has 0 spiro atoms. The summed E-state index contributed by atoms with van der Waals surface area (Å²) in [6.45, 7) is 0. The molecule has 44 heavy (non-hydrogen) atoms. The quantitative estimate of drug-likeness (QED) is 0.202. The molecule has 0 fully saturated rings. The normalized spacial score (nSPS) is 12.1. The predicted molar refractivity (Wildman–Crippen MR) is 191 cm³/mol. The Kier molecular flexibility index (Phi) is 4.94. The highest BCUT2D eigenvalue weighted by molar-refractivity contribution is 7.26. The largest absolute Gasteiger partial charge is 0.310 e. The van der Waals surface area contributed by atoms with Crippen LogP contribution in [-0.4, -0.2) is 0 Å². The van der Waals surface area contributed by atoms with E-state index in [1.807, 2.05) is 11.3 Å². The Morgan fingerprint density at radius 2 is 0.932 bits per heavy atom. The second-order valence-electron chi connectivity index (χ2n) is 11.7. The molecule has 0 radical (unpaired) electrons. The zero-order chi connectivity index (χ0) is 28.8. The number of hydrogen-bond donors (Lipinski definition) is 0. The molecule has 10 rings (SSSR count). The van der Waals surface area contributed by atoms with E-state index in [4.69, 9.17) is 0 Å². The average Bonchev–Trinajstić information content (AvgIpc) is 3.42. The number of benzene rings is 8. The highest BCUT2D eigenvalue weighted by Gasteiger charge is 2.25. The van der Waals surface area contributed by atoms with Gasteiger partial charge in [0.25, 0.3) is 0 Å². The van der Waals surface area contributed by atoms with Gasteiger partial charge in [-0.15, -0.1) is 11.3 Å². The Morgan fingerprint density at radius 1 is 0.364 bits per heavy atom. The second-order valence-corrected chi connectivity index (χ2v) is 12.8. The lowest BCUT2D eigenvalue weighted by atomic mass is 9.92. The molecule has 0 N–H and O–H groups in total. The summed E-state index contributed by atoms with van der Waals surface area (Å²) < 4.78 is 2.69. The topological polar surface area (TPSA) is 3.24 Å². The van der Waals surface area contributed by atoms with Crippen LogP contribution in [0.1, 0.15) is 0 Å². The summed E-state index contributed by atoms with van der Waals surface area (Å²) in [6.07, 6.45) is 0. The van der Waals surface area contributed by atoms with E-state index in [0.717, 1.165) is 11.4 Å². The average molecular weight is 576 g/mol. The van der Waals surface area contributed by atoms with Gasteiger partial charge in [-0.05, 0) is 86.3 Å². The third-order valence-corrected chi connectivity index (χ3v) is 10.5. The number of thiophene rings is 1. The molecule has 0 bridgehead atoms. The minimum Gasteiger partial charge on any atom is -0.310 e. The Balaban J connectivity index is 1.34. The summed E-state index contributed by atoms with van der Waals surface area (Å²) in [7, 11) is 0. The highest BCUT2D eigenvalue weighted by atomic mass is 32.1. The molecule has 1 aliphatic carbocycles. The van der Waals surface area contributed by atoms with Crippen molar-refractivity contribution < 1.29 is 0 Å². The van der Waals surface area contributed by atoms with Gasteiger partial charge in [0.15, 0.2) is 0 Å². The van der Waals surface area contributed by atoms with Crippen molar-refractivity contribution in [2.45, 2.75) is 0 Å². The Hall–Kier alpha value is -5.44. The van der Waals surface area contributed by atoms with E-state index in [2.05, 4.69) is 157 Å². The maximum Gasteiger partial charge on any atom is 0.0540 e. The number of fused-ring (bicyclic) bond motifs is 5. The van der Waals surface area contributed by atoms with Gasteiger partial charge in [0, 0.05) is 42.3 Å². The Labute approximate surface area is 258 Å². The molecular formula is C42H25NS. The maximum absolute atomic E-state index is 2.45.